The second-order valence-electron chi connectivity index (χ2n) is 2.02. The summed E-state index contributed by atoms with van der Waals surface area (Å²) in [5, 5.41) is -0.0401. The van der Waals surface area contributed by atoms with Crippen molar-refractivity contribution in [2.45, 2.75) is 0 Å². The molecule has 1 rings (SSSR count). The summed E-state index contributed by atoms with van der Waals surface area (Å²) in [6.07, 6.45) is 0. The highest BCUT2D eigenvalue weighted by molar-refractivity contribution is 6.32. The fourth-order valence-electron chi connectivity index (χ4n) is 0.732. The number of hydrogen-bond donors (Lipinski definition) is 1. The van der Waals surface area contributed by atoms with Crippen LogP contribution in [0.15, 0.2) is 12.1 Å². The predicted molar refractivity (Wildman–Crippen MR) is 42.4 cm³/mol. The minimum Gasteiger partial charge on any atom is -0.495 e. The number of benzene rings is 1. The Kier molecular flexibility index (Phi) is 2.19. The van der Waals surface area contributed by atoms with E-state index in [1.807, 2.05) is 0 Å². The number of anilines is 1. The maximum atomic E-state index is 12.7. The van der Waals surface area contributed by atoms with Crippen LogP contribution in [0.2, 0.25) is 5.02 Å². The van der Waals surface area contributed by atoms with Gasteiger partial charge in [0.15, 0.2) is 0 Å². The molecule has 0 radical (unpaired) electrons. The zero-order valence-electron chi connectivity index (χ0n) is 5.90. The highest BCUT2D eigenvalue weighted by Crippen LogP contribution is 2.29. The second kappa shape index (κ2) is 2.96. The number of methoxy groups -OCH3 is 1. The predicted octanol–water partition coefficient (Wildman–Crippen LogP) is 2.07. The first kappa shape index (κ1) is 8.14. The van der Waals surface area contributed by atoms with Gasteiger partial charge >= 0.3 is 0 Å². The van der Waals surface area contributed by atoms with E-state index in [2.05, 4.69) is 0 Å². The van der Waals surface area contributed by atoms with Crippen molar-refractivity contribution in [1.29, 1.82) is 0 Å². The van der Waals surface area contributed by atoms with Gasteiger partial charge in [0.05, 0.1) is 7.11 Å². The fraction of sp³-hybridized carbons (Fsp3) is 0.143. The normalized spacial score (nSPS) is 9.73. The Morgan fingerprint density at radius 1 is 1.55 bits per heavy atom. The third kappa shape index (κ3) is 1.54. The van der Waals surface area contributed by atoms with Crippen LogP contribution in [0, 0.1) is 5.82 Å². The molecule has 0 aromatic heterocycles. The highest BCUT2D eigenvalue weighted by Gasteiger charge is 2.06. The quantitative estimate of drug-likeness (QED) is 0.664. The first-order valence-corrected chi connectivity index (χ1v) is 3.31. The summed E-state index contributed by atoms with van der Waals surface area (Å²) >= 11 is 5.51. The molecule has 1 aromatic rings. The van der Waals surface area contributed by atoms with Crippen LogP contribution in [0.1, 0.15) is 0 Å². The Labute approximate surface area is 68.7 Å². The molecule has 0 aliphatic carbocycles. The van der Waals surface area contributed by atoms with Gasteiger partial charge in [-0.05, 0) is 6.07 Å². The van der Waals surface area contributed by atoms with Crippen molar-refractivity contribution in [2.75, 3.05) is 12.8 Å². The molecular formula is C7H7ClFNO. The van der Waals surface area contributed by atoms with Crippen molar-refractivity contribution in [3.8, 4) is 5.75 Å². The van der Waals surface area contributed by atoms with E-state index >= 15 is 0 Å². The molecule has 0 saturated heterocycles. The molecule has 0 aliphatic heterocycles. The minimum atomic E-state index is -0.566. The topological polar surface area (TPSA) is 35.2 Å². The number of hydrogen-bond acceptors (Lipinski definition) is 2. The molecule has 60 valence electrons. The first-order valence-electron chi connectivity index (χ1n) is 2.93. The van der Waals surface area contributed by atoms with Gasteiger partial charge in [0, 0.05) is 11.8 Å². The molecule has 0 saturated carbocycles. The maximum Gasteiger partial charge on any atom is 0.147 e. The molecule has 4 heteroatoms. The average molecular weight is 176 g/mol. The summed E-state index contributed by atoms with van der Waals surface area (Å²) in [7, 11) is 1.40. The number of nitrogens with two attached hydrogens (primary N) is 1. The van der Waals surface area contributed by atoms with Crippen LogP contribution >= 0.6 is 11.6 Å². The van der Waals surface area contributed by atoms with Gasteiger partial charge in [-0.25, -0.2) is 4.39 Å². The molecule has 0 aliphatic rings. The Morgan fingerprint density at radius 3 is 2.73 bits per heavy atom. The van der Waals surface area contributed by atoms with E-state index in [-0.39, 0.29) is 10.8 Å². The summed E-state index contributed by atoms with van der Waals surface area (Å²) in [5.74, 6) is -0.312. The smallest absolute Gasteiger partial charge is 0.147 e. The lowest BCUT2D eigenvalue weighted by molar-refractivity contribution is 0.412. The summed E-state index contributed by atoms with van der Waals surface area (Å²) in [5.41, 5.74) is 5.62. The largest absolute Gasteiger partial charge is 0.495 e. The minimum absolute atomic E-state index is 0.0401. The molecule has 0 spiro atoms. The zero-order valence-corrected chi connectivity index (χ0v) is 6.65. The molecule has 11 heavy (non-hydrogen) atoms. The summed E-state index contributed by atoms with van der Waals surface area (Å²) in [6, 6.07) is 2.61. The van der Waals surface area contributed by atoms with Gasteiger partial charge in [-0.3, -0.25) is 0 Å². The molecule has 0 heterocycles. The third-order valence-corrected chi connectivity index (χ3v) is 1.60. The van der Waals surface area contributed by atoms with Gasteiger partial charge in [-0.15, -0.1) is 0 Å². The van der Waals surface area contributed by atoms with Crippen molar-refractivity contribution in [3.63, 3.8) is 0 Å². The van der Waals surface area contributed by atoms with E-state index in [1.54, 1.807) is 0 Å². The maximum absolute atomic E-state index is 12.7. The lowest BCUT2D eigenvalue weighted by Gasteiger charge is -2.03. The molecule has 0 fully saturated rings. The molecule has 0 bridgehead atoms. The molecule has 2 nitrogen and oxygen atoms in total. The Hall–Kier alpha value is -0.960. The van der Waals surface area contributed by atoms with Crippen molar-refractivity contribution < 1.29 is 9.13 Å². The van der Waals surface area contributed by atoms with E-state index < -0.39 is 5.82 Å². The van der Waals surface area contributed by atoms with E-state index in [1.165, 1.54) is 13.2 Å². The summed E-state index contributed by atoms with van der Waals surface area (Å²) in [4.78, 5) is 0. The van der Waals surface area contributed by atoms with Gasteiger partial charge in [-0.1, -0.05) is 11.6 Å². The van der Waals surface area contributed by atoms with Crippen LogP contribution in [0.4, 0.5) is 10.1 Å². The fourth-order valence-corrected chi connectivity index (χ4v) is 0.919. The lowest BCUT2D eigenvalue weighted by Crippen LogP contribution is -1.91. The molecular weight excluding hydrogens is 169 g/mol. The van der Waals surface area contributed by atoms with Gasteiger partial charge in [0.2, 0.25) is 0 Å². The van der Waals surface area contributed by atoms with Crippen LogP contribution < -0.4 is 10.5 Å². The first-order chi connectivity index (χ1) is 5.15. The monoisotopic (exact) mass is 175 g/mol. The van der Waals surface area contributed by atoms with Gasteiger partial charge in [-0.2, -0.15) is 0 Å². The van der Waals surface area contributed by atoms with Crippen LogP contribution in [0.5, 0.6) is 5.75 Å². The van der Waals surface area contributed by atoms with E-state index in [4.69, 9.17) is 22.1 Å². The van der Waals surface area contributed by atoms with Crippen molar-refractivity contribution >= 4 is 17.3 Å². The van der Waals surface area contributed by atoms with Gasteiger partial charge in [0.25, 0.3) is 0 Å². The number of ether oxygens (including phenoxy) is 1. The number of rotatable bonds is 1. The Morgan fingerprint density at radius 2 is 2.18 bits per heavy atom. The van der Waals surface area contributed by atoms with Crippen LogP contribution in [0.25, 0.3) is 0 Å². The molecule has 0 atom stereocenters. The second-order valence-corrected chi connectivity index (χ2v) is 2.40. The molecule has 1 aromatic carbocycles. The number of halogens is 2. The SMILES string of the molecule is COc1cc(N)cc(F)c1Cl. The number of nitrogen functional groups attached to an aromatic ring is 1. The van der Waals surface area contributed by atoms with Crippen molar-refractivity contribution in [2.24, 2.45) is 0 Å². The standard InChI is InChI=1S/C7H7ClFNO/c1-11-6-3-4(10)2-5(9)7(6)8/h2-3H,10H2,1H3. The Balaban J connectivity index is 3.24. The van der Waals surface area contributed by atoms with Crippen LogP contribution in [0.3, 0.4) is 0 Å². The molecule has 0 amide bonds. The van der Waals surface area contributed by atoms with Gasteiger partial charge < -0.3 is 10.5 Å². The van der Waals surface area contributed by atoms with Gasteiger partial charge in [0.1, 0.15) is 16.6 Å². The summed E-state index contributed by atoms with van der Waals surface area (Å²) < 4.78 is 17.5. The Bertz CT molecular complexity index is 277. The van der Waals surface area contributed by atoms with E-state index in [9.17, 15) is 4.39 Å². The average Bonchev–Trinajstić information content (AvgIpc) is 1.96. The molecule has 2 N–H and O–H groups in total. The zero-order chi connectivity index (χ0) is 8.43. The summed E-state index contributed by atoms with van der Waals surface area (Å²) in [6.45, 7) is 0. The molecule has 0 unspecified atom stereocenters. The van der Waals surface area contributed by atoms with Crippen molar-refractivity contribution in [3.05, 3.63) is 23.0 Å². The lowest BCUT2D eigenvalue weighted by atomic mass is 10.3. The third-order valence-electron chi connectivity index (χ3n) is 1.24. The highest BCUT2D eigenvalue weighted by atomic mass is 35.5. The van der Waals surface area contributed by atoms with E-state index in [0.29, 0.717) is 5.69 Å². The van der Waals surface area contributed by atoms with E-state index in [0.717, 1.165) is 6.07 Å². The van der Waals surface area contributed by atoms with Crippen LogP contribution in [-0.2, 0) is 0 Å². The van der Waals surface area contributed by atoms with Crippen molar-refractivity contribution in [1.82, 2.24) is 0 Å². The van der Waals surface area contributed by atoms with Crippen LogP contribution in [-0.4, -0.2) is 7.11 Å².